The van der Waals surface area contributed by atoms with Crippen molar-refractivity contribution >= 4 is 17.0 Å². The first kappa shape index (κ1) is 13.1. The molecule has 1 aromatic carbocycles. The fourth-order valence-electron chi connectivity index (χ4n) is 1.89. The first-order chi connectivity index (χ1) is 8.66. The minimum atomic E-state index is 0.107. The third kappa shape index (κ3) is 3.34. The molecule has 0 saturated heterocycles. The molecule has 18 heavy (non-hydrogen) atoms. The Morgan fingerprint density at radius 2 is 1.94 bits per heavy atom. The Morgan fingerprint density at radius 1 is 1.22 bits per heavy atom. The maximum Gasteiger partial charge on any atom is 0.0363 e. The number of benzene rings is 1. The lowest BCUT2D eigenvalue weighted by molar-refractivity contribution is 0.816. The van der Waals surface area contributed by atoms with Gasteiger partial charge >= 0.3 is 0 Å². The second-order valence-corrected chi connectivity index (χ2v) is 5.66. The summed E-state index contributed by atoms with van der Waals surface area (Å²) in [7, 11) is 2.13. The molecule has 1 unspecified atom stereocenters. The lowest BCUT2D eigenvalue weighted by Crippen LogP contribution is -2.20. The standard InChI is InChI=1S/C15H20N2S/c1-12(16)13-5-7-14(8-6-13)17(2)10-9-15-4-3-11-18-15/h3-8,11-12H,9-10,16H2,1-2H3. The second-order valence-electron chi connectivity index (χ2n) is 4.63. The lowest BCUT2D eigenvalue weighted by Gasteiger charge is -2.19. The van der Waals surface area contributed by atoms with Crippen LogP contribution in [0.1, 0.15) is 23.4 Å². The Morgan fingerprint density at radius 3 is 2.50 bits per heavy atom. The molecule has 2 rings (SSSR count). The molecule has 0 aliphatic heterocycles. The van der Waals surface area contributed by atoms with E-state index in [2.05, 4.69) is 53.7 Å². The SMILES string of the molecule is CC(N)c1ccc(N(C)CCc2cccs2)cc1. The monoisotopic (exact) mass is 260 g/mol. The molecule has 0 bridgehead atoms. The van der Waals surface area contributed by atoms with Gasteiger partial charge in [0.05, 0.1) is 0 Å². The van der Waals surface area contributed by atoms with E-state index >= 15 is 0 Å². The summed E-state index contributed by atoms with van der Waals surface area (Å²) in [6.45, 7) is 3.05. The van der Waals surface area contributed by atoms with Gasteiger partial charge in [-0.3, -0.25) is 0 Å². The van der Waals surface area contributed by atoms with Crippen molar-refractivity contribution < 1.29 is 0 Å². The minimum absolute atomic E-state index is 0.107. The summed E-state index contributed by atoms with van der Waals surface area (Å²) in [5.41, 5.74) is 8.28. The number of nitrogens with zero attached hydrogens (tertiary/aromatic N) is 1. The van der Waals surface area contributed by atoms with E-state index in [1.807, 2.05) is 18.3 Å². The first-order valence-corrected chi connectivity index (χ1v) is 7.14. The van der Waals surface area contributed by atoms with Gasteiger partial charge < -0.3 is 10.6 Å². The zero-order valence-electron chi connectivity index (χ0n) is 11.0. The van der Waals surface area contributed by atoms with Gasteiger partial charge in [-0.1, -0.05) is 18.2 Å². The molecule has 96 valence electrons. The summed E-state index contributed by atoms with van der Waals surface area (Å²) in [4.78, 5) is 3.72. The number of nitrogens with two attached hydrogens (primary N) is 1. The van der Waals surface area contributed by atoms with Gasteiger partial charge in [-0.15, -0.1) is 11.3 Å². The van der Waals surface area contributed by atoms with E-state index in [0.29, 0.717) is 0 Å². The predicted octanol–water partition coefficient (Wildman–Crippen LogP) is 3.45. The van der Waals surface area contributed by atoms with E-state index in [0.717, 1.165) is 13.0 Å². The molecular weight excluding hydrogens is 240 g/mol. The molecule has 0 fully saturated rings. The molecule has 0 spiro atoms. The summed E-state index contributed by atoms with van der Waals surface area (Å²) in [5, 5.41) is 2.13. The van der Waals surface area contributed by atoms with Crippen LogP contribution >= 0.6 is 11.3 Å². The van der Waals surface area contributed by atoms with Crippen molar-refractivity contribution in [3.63, 3.8) is 0 Å². The van der Waals surface area contributed by atoms with Crippen LogP contribution in [0.2, 0.25) is 0 Å². The largest absolute Gasteiger partial charge is 0.374 e. The smallest absolute Gasteiger partial charge is 0.0363 e. The molecule has 0 saturated carbocycles. The molecule has 3 heteroatoms. The molecule has 2 nitrogen and oxygen atoms in total. The van der Waals surface area contributed by atoms with Crippen LogP contribution in [0.3, 0.4) is 0 Å². The van der Waals surface area contributed by atoms with E-state index in [4.69, 9.17) is 5.73 Å². The Bertz CT molecular complexity index is 460. The second kappa shape index (κ2) is 6.03. The zero-order valence-corrected chi connectivity index (χ0v) is 11.8. The summed E-state index contributed by atoms with van der Waals surface area (Å²) in [6.07, 6.45) is 1.10. The summed E-state index contributed by atoms with van der Waals surface area (Å²) >= 11 is 1.82. The van der Waals surface area contributed by atoms with Crippen molar-refractivity contribution in [1.29, 1.82) is 0 Å². The van der Waals surface area contributed by atoms with Gasteiger partial charge in [-0.2, -0.15) is 0 Å². The van der Waals surface area contributed by atoms with E-state index in [1.165, 1.54) is 16.1 Å². The van der Waals surface area contributed by atoms with Crippen LogP contribution in [0.15, 0.2) is 41.8 Å². The van der Waals surface area contributed by atoms with Crippen LogP contribution < -0.4 is 10.6 Å². The quantitative estimate of drug-likeness (QED) is 0.892. The molecule has 0 aliphatic rings. The van der Waals surface area contributed by atoms with Gasteiger partial charge in [-0.05, 0) is 42.5 Å². The highest BCUT2D eigenvalue weighted by Gasteiger charge is 2.03. The Labute approximate surface area is 113 Å². The Kier molecular flexibility index (Phi) is 4.39. The minimum Gasteiger partial charge on any atom is -0.374 e. The molecule has 2 N–H and O–H groups in total. The highest BCUT2D eigenvalue weighted by atomic mass is 32.1. The maximum absolute atomic E-state index is 5.85. The normalized spacial score (nSPS) is 12.4. The lowest BCUT2D eigenvalue weighted by atomic mass is 10.1. The molecule has 0 radical (unpaired) electrons. The maximum atomic E-state index is 5.85. The molecule has 2 aromatic rings. The van der Waals surface area contributed by atoms with Crippen LogP contribution in [-0.2, 0) is 6.42 Å². The van der Waals surface area contributed by atoms with Crippen molar-refractivity contribution in [1.82, 2.24) is 0 Å². The van der Waals surface area contributed by atoms with E-state index < -0.39 is 0 Å². The Balaban J connectivity index is 1.94. The predicted molar refractivity (Wildman–Crippen MR) is 80.3 cm³/mol. The summed E-state index contributed by atoms with van der Waals surface area (Å²) < 4.78 is 0. The molecule has 1 atom stereocenters. The van der Waals surface area contributed by atoms with Crippen molar-refractivity contribution in [3.8, 4) is 0 Å². The summed E-state index contributed by atoms with van der Waals surface area (Å²) in [5.74, 6) is 0. The van der Waals surface area contributed by atoms with Gasteiger partial charge in [0, 0.05) is 30.2 Å². The number of rotatable bonds is 5. The van der Waals surface area contributed by atoms with Crippen LogP contribution in [0.4, 0.5) is 5.69 Å². The van der Waals surface area contributed by atoms with Crippen LogP contribution in [-0.4, -0.2) is 13.6 Å². The topological polar surface area (TPSA) is 29.3 Å². The number of hydrogen-bond acceptors (Lipinski definition) is 3. The summed E-state index contributed by atoms with van der Waals surface area (Å²) in [6, 6.07) is 12.9. The van der Waals surface area contributed by atoms with Gasteiger partial charge in [0.1, 0.15) is 0 Å². The zero-order chi connectivity index (χ0) is 13.0. The highest BCUT2D eigenvalue weighted by molar-refractivity contribution is 7.09. The van der Waals surface area contributed by atoms with Crippen LogP contribution in [0.25, 0.3) is 0 Å². The number of thiophene rings is 1. The third-order valence-electron chi connectivity index (χ3n) is 3.13. The number of likely N-dealkylation sites (N-methyl/N-ethyl adjacent to an activating group) is 1. The van der Waals surface area contributed by atoms with Gasteiger partial charge in [0.25, 0.3) is 0 Å². The molecule has 0 aliphatic carbocycles. The number of hydrogen-bond donors (Lipinski definition) is 1. The van der Waals surface area contributed by atoms with Crippen molar-refractivity contribution in [3.05, 3.63) is 52.2 Å². The van der Waals surface area contributed by atoms with E-state index in [-0.39, 0.29) is 6.04 Å². The first-order valence-electron chi connectivity index (χ1n) is 6.26. The van der Waals surface area contributed by atoms with Crippen molar-refractivity contribution in [2.75, 3.05) is 18.5 Å². The fraction of sp³-hybridized carbons (Fsp3) is 0.333. The average molecular weight is 260 g/mol. The molecular formula is C15H20N2S. The van der Waals surface area contributed by atoms with Gasteiger partial charge in [-0.25, -0.2) is 0 Å². The van der Waals surface area contributed by atoms with Crippen molar-refractivity contribution in [2.45, 2.75) is 19.4 Å². The van der Waals surface area contributed by atoms with Crippen LogP contribution in [0, 0.1) is 0 Å². The van der Waals surface area contributed by atoms with Crippen LogP contribution in [0.5, 0.6) is 0 Å². The average Bonchev–Trinajstić information content (AvgIpc) is 2.89. The molecule has 1 heterocycles. The molecule has 1 aromatic heterocycles. The number of anilines is 1. The highest BCUT2D eigenvalue weighted by Crippen LogP contribution is 2.18. The van der Waals surface area contributed by atoms with Gasteiger partial charge in [0.2, 0.25) is 0 Å². The van der Waals surface area contributed by atoms with E-state index in [1.54, 1.807) is 0 Å². The molecule has 0 amide bonds. The third-order valence-corrected chi connectivity index (χ3v) is 4.07. The fourth-order valence-corrected chi connectivity index (χ4v) is 2.59. The Hall–Kier alpha value is -1.32. The van der Waals surface area contributed by atoms with Crippen molar-refractivity contribution in [2.24, 2.45) is 5.73 Å². The van der Waals surface area contributed by atoms with E-state index in [9.17, 15) is 0 Å². The van der Waals surface area contributed by atoms with Gasteiger partial charge in [0.15, 0.2) is 0 Å².